The molecule has 0 bridgehead atoms. The third-order valence-corrected chi connectivity index (χ3v) is 6.32. The van der Waals surface area contributed by atoms with Gasteiger partial charge in [-0.2, -0.15) is 0 Å². The van der Waals surface area contributed by atoms with Crippen molar-refractivity contribution in [2.45, 2.75) is 49.0 Å². The Bertz CT molecular complexity index is 895. The number of hydrogen-bond donors (Lipinski definition) is 1. The van der Waals surface area contributed by atoms with Gasteiger partial charge in [0.15, 0.2) is 9.99 Å². The Kier molecular flexibility index (Phi) is 5.02. The van der Waals surface area contributed by atoms with Crippen molar-refractivity contribution in [3.05, 3.63) is 34.9 Å². The fraction of sp³-hybridized carbons (Fsp3) is 0.500. The van der Waals surface area contributed by atoms with Crippen LogP contribution in [0.3, 0.4) is 0 Å². The van der Waals surface area contributed by atoms with Crippen molar-refractivity contribution < 1.29 is 0 Å². The topological polar surface area (TPSA) is 77.1 Å². The number of fused-ring (bicyclic) bond motifs is 1. The lowest BCUT2D eigenvalue weighted by Crippen LogP contribution is -2.22. The fourth-order valence-corrected chi connectivity index (χ4v) is 4.90. The lowest BCUT2D eigenvalue weighted by Gasteiger charge is -2.21. The highest BCUT2D eigenvalue weighted by molar-refractivity contribution is 8.01. The third kappa shape index (κ3) is 3.87. The smallest absolute Gasteiger partial charge is 0.350 e. The van der Waals surface area contributed by atoms with E-state index < -0.39 is 0 Å². The number of aromatic nitrogens is 5. The Balaban J connectivity index is 1.32. The van der Waals surface area contributed by atoms with Crippen LogP contribution >= 0.6 is 23.1 Å². The molecule has 25 heavy (non-hydrogen) atoms. The first-order chi connectivity index (χ1) is 12.3. The average molecular weight is 377 g/mol. The van der Waals surface area contributed by atoms with Gasteiger partial charge in [0.2, 0.25) is 5.13 Å². The summed E-state index contributed by atoms with van der Waals surface area (Å²) in [5.74, 6) is 0.738. The molecule has 1 N–H and O–H groups in total. The predicted molar refractivity (Wildman–Crippen MR) is 101 cm³/mol. The maximum Gasteiger partial charge on any atom is 0.350 e. The molecule has 7 nitrogen and oxygen atoms in total. The summed E-state index contributed by atoms with van der Waals surface area (Å²) in [6.07, 6.45) is 8.12. The van der Waals surface area contributed by atoms with Gasteiger partial charge in [0.05, 0.1) is 6.54 Å². The highest BCUT2D eigenvalue weighted by Crippen LogP contribution is 2.28. The number of anilines is 1. The molecule has 4 rings (SSSR count). The van der Waals surface area contributed by atoms with Crippen molar-refractivity contribution in [1.82, 2.24) is 24.4 Å². The van der Waals surface area contributed by atoms with Crippen LogP contribution in [0.1, 0.15) is 32.1 Å². The van der Waals surface area contributed by atoms with Crippen molar-refractivity contribution in [3.8, 4) is 0 Å². The zero-order chi connectivity index (χ0) is 17.1. The number of rotatable bonds is 6. The monoisotopic (exact) mass is 376 g/mol. The fourth-order valence-electron chi connectivity index (χ4n) is 3.08. The van der Waals surface area contributed by atoms with Crippen LogP contribution in [0.4, 0.5) is 5.13 Å². The van der Waals surface area contributed by atoms with E-state index in [-0.39, 0.29) is 5.69 Å². The normalized spacial score (nSPS) is 15.7. The van der Waals surface area contributed by atoms with Gasteiger partial charge in [-0.05, 0) is 25.0 Å². The van der Waals surface area contributed by atoms with Crippen molar-refractivity contribution in [2.24, 2.45) is 0 Å². The van der Waals surface area contributed by atoms with Crippen LogP contribution in [0, 0.1) is 0 Å². The molecule has 0 spiro atoms. The average Bonchev–Trinajstić information content (AvgIpc) is 3.21. The Labute approximate surface area is 153 Å². The van der Waals surface area contributed by atoms with E-state index in [2.05, 4.69) is 20.6 Å². The minimum atomic E-state index is -0.104. The van der Waals surface area contributed by atoms with Gasteiger partial charge in [-0.25, -0.2) is 9.48 Å². The maximum atomic E-state index is 12.2. The summed E-state index contributed by atoms with van der Waals surface area (Å²) in [6, 6.07) is 6.08. The minimum absolute atomic E-state index is 0.104. The molecule has 9 heteroatoms. The van der Waals surface area contributed by atoms with Gasteiger partial charge >= 0.3 is 5.69 Å². The molecule has 0 unspecified atom stereocenters. The number of pyridine rings is 1. The molecule has 1 aliphatic carbocycles. The van der Waals surface area contributed by atoms with Gasteiger partial charge in [-0.15, -0.1) is 15.3 Å². The van der Waals surface area contributed by atoms with Crippen LogP contribution in [0.25, 0.3) is 5.65 Å². The number of nitrogens with one attached hydrogen (secondary N) is 1. The van der Waals surface area contributed by atoms with Crippen molar-refractivity contribution >= 4 is 33.9 Å². The Morgan fingerprint density at radius 2 is 2.12 bits per heavy atom. The molecule has 132 valence electrons. The minimum Gasteiger partial charge on any atom is -0.357 e. The first-order valence-electron chi connectivity index (χ1n) is 8.57. The van der Waals surface area contributed by atoms with Crippen LogP contribution in [-0.4, -0.2) is 36.2 Å². The van der Waals surface area contributed by atoms with Crippen LogP contribution < -0.4 is 11.0 Å². The van der Waals surface area contributed by atoms with Crippen LogP contribution in [-0.2, 0) is 6.54 Å². The summed E-state index contributed by atoms with van der Waals surface area (Å²) in [7, 11) is 0. The third-order valence-electron chi connectivity index (χ3n) is 4.36. The van der Waals surface area contributed by atoms with Crippen LogP contribution in [0.5, 0.6) is 0 Å². The van der Waals surface area contributed by atoms with E-state index in [1.165, 1.54) is 36.8 Å². The molecule has 1 saturated carbocycles. The quantitative estimate of drug-likeness (QED) is 0.667. The molecule has 3 aromatic heterocycles. The van der Waals surface area contributed by atoms with E-state index in [1.807, 2.05) is 18.2 Å². The Hall–Kier alpha value is -1.87. The molecule has 0 aromatic carbocycles. The summed E-state index contributed by atoms with van der Waals surface area (Å²) in [6.45, 7) is 0.552. The highest BCUT2D eigenvalue weighted by atomic mass is 32.2. The van der Waals surface area contributed by atoms with E-state index in [9.17, 15) is 4.79 Å². The van der Waals surface area contributed by atoms with E-state index in [0.29, 0.717) is 18.2 Å². The molecule has 1 aliphatic rings. The largest absolute Gasteiger partial charge is 0.357 e. The molecule has 0 aliphatic heterocycles. The molecule has 3 heterocycles. The zero-order valence-corrected chi connectivity index (χ0v) is 15.4. The second-order valence-corrected chi connectivity index (χ2v) is 8.45. The molecule has 0 amide bonds. The van der Waals surface area contributed by atoms with Crippen molar-refractivity contribution in [3.63, 3.8) is 0 Å². The predicted octanol–water partition coefficient (Wildman–Crippen LogP) is 2.88. The highest BCUT2D eigenvalue weighted by Gasteiger charge is 2.15. The lowest BCUT2D eigenvalue weighted by atomic mass is 9.96. The number of thioether (sulfide) groups is 1. The van der Waals surface area contributed by atoms with Crippen molar-refractivity contribution in [1.29, 1.82) is 0 Å². The van der Waals surface area contributed by atoms with E-state index in [0.717, 1.165) is 15.2 Å². The summed E-state index contributed by atoms with van der Waals surface area (Å²) >= 11 is 3.20. The maximum absolute atomic E-state index is 12.2. The summed E-state index contributed by atoms with van der Waals surface area (Å²) in [4.78, 5) is 12.2. The van der Waals surface area contributed by atoms with Gasteiger partial charge in [0, 0.05) is 18.0 Å². The van der Waals surface area contributed by atoms with Crippen LogP contribution in [0.2, 0.25) is 0 Å². The lowest BCUT2D eigenvalue weighted by molar-refractivity contribution is 0.462. The molecular formula is C16H20N6OS2. The van der Waals surface area contributed by atoms with Crippen LogP contribution in [0.15, 0.2) is 33.5 Å². The van der Waals surface area contributed by atoms with Crippen molar-refractivity contribution in [2.75, 3.05) is 11.1 Å². The second-order valence-electron chi connectivity index (χ2n) is 6.14. The van der Waals surface area contributed by atoms with Gasteiger partial charge < -0.3 is 5.32 Å². The SMILES string of the molecule is O=c1n(CCSc2nnc(NC3CCCCC3)s2)nc2ccccn12. The summed E-state index contributed by atoms with van der Waals surface area (Å²) in [5, 5.41) is 17.2. The molecule has 3 aromatic rings. The number of aryl methyl sites for hydroxylation is 1. The molecular weight excluding hydrogens is 356 g/mol. The number of nitrogens with zero attached hydrogens (tertiary/aromatic N) is 5. The van der Waals surface area contributed by atoms with E-state index >= 15 is 0 Å². The zero-order valence-electron chi connectivity index (χ0n) is 13.8. The van der Waals surface area contributed by atoms with E-state index in [4.69, 9.17) is 0 Å². The van der Waals surface area contributed by atoms with Gasteiger partial charge in [-0.3, -0.25) is 4.40 Å². The van der Waals surface area contributed by atoms with Gasteiger partial charge in [-0.1, -0.05) is 48.4 Å². The molecule has 1 fully saturated rings. The molecule has 0 radical (unpaired) electrons. The summed E-state index contributed by atoms with van der Waals surface area (Å²) in [5.41, 5.74) is 0.570. The Morgan fingerprint density at radius 3 is 2.96 bits per heavy atom. The second kappa shape index (κ2) is 7.57. The van der Waals surface area contributed by atoms with Gasteiger partial charge in [0.25, 0.3) is 0 Å². The summed E-state index contributed by atoms with van der Waals surface area (Å²) < 4.78 is 3.99. The first kappa shape index (κ1) is 16.6. The first-order valence-corrected chi connectivity index (χ1v) is 10.4. The Morgan fingerprint density at radius 1 is 1.24 bits per heavy atom. The molecule has 0 atom stereocenters. The standard InChI is InChI=1S/C16H20N6OS2/c23-16-21-9-5-4-8-13(21)20-22(16)10-11-24-15-19-18-14(25-15)17-12-6-2-1-3-7-12/h4-5,8-9,12H,1-3,6-7,10-11H2,(H,17,18). The van der Waals surface area contributed by atoms with E-state index in [1.54, 1.807) is 33.7 Å². The molecule has 0 saturated heterocycles. The number of hydrogen-bond acceptors (Lipinski definition) is 7. The van der Waals surface area contributed by atoms with Gasteiger partial charge in [0.1, 0.15) is 0 Å².